The Hall–Kier alpha value is -2.06. The van der Waals surface area contributed by atoms with Crippen molar-refractivity contribution in [1.29, 1.82) is 0 Å². The van der Waals surface area contributed by atoms with Crippen molar-refractivity contribution in [2.45, 2.75) is 20.4 Å². The molecule has 7 nitrogen and oxygen atoms in total. The van der Waals surface area contributed by atoms with Crippen LogP contribution in [0.3, 0.4) is 0 Å². The molecule has 0 spiro atoms. The Balaban J connectivity index is 2.22. The first-order chi connectivity index (χ1) is 11.3. The standard InChI is InChI=1S/C15H19ClN4O3S/c1-4-19(3)12-6-5-11(13(16)7-12)8-20-9-14(17-10(20)2)15(21)18-24(22)23/h5-7,9,24H,4,8H2,1-3H3,(H,18,21,22,23). The van der Waals surface area contributed by atoms with E-state index in [1.165, 1.54) is 6.20 Å². The third kappa shape index (κ3) is 4.27. The van der Waals surface area contributed by atoms with Gasteiger partial charge in [-0.1, -0.05) is 17.7 Å². The summed E-state index contributed by atoms with van der Waals surface area (Å²) in [7, 11) is -1.02. The Morgan fingerprint density at radius 3 is 2.71 bits per heavy atom. The maximum Gasteiger partial charge on any atom is 0.284 e. The van der Waals surface area contributed by atoms with Gasteiger partial charge in [0.25, 0.3) is 5.91 Å². The summed E-state index contributed by atoms with van der Waals surface area (Å²) in [5, 5.41) is 0.620. The van der Waals surface area contributed by atoms with Gasteiger partial charge in [0, 0.05) is 30.5 Å². The minimum atomic E-state index is -3.00. The number of benzene rings is 1. The van der Waals surface area contributed by atoms with Gasteiger partial charge in [0.2, 0.25) is 10.9 Å². The smallest absolute Gasteiger partial charge is 0.284 e. The molecule has 1 N–H and O–H groups in total. The predicted octanol–water partition coefficient (Wildman–Crippen LogP) is 1.61. The molecule has 0 bridgehead atoms. The number of amides is 1. The zero-order chi connectivity index (χ0) is 17.9. The van der Waals surface area contributed by atoms with E-state index < -0.39 is 16.8 Å². The van der Waals surface area contributed by atoms with Crippen LogP contribution < -0.4 is 9.62 Å². The Labute approximate surface area is 147 Å². The average molecular weight is 371 g/mol. The van der Waals surface area contributed by atoms with E-state index in [2.05, 4.69) is 16.8 Å². The maximum atomic E-state index is 11.7. The van der Waals surface area contributed by atoms with Gasteiger partial charge in [-0.25, -0.2) is 18.1 Å². The second kappa shape index (κ2) is 7.67. The Morgan fingerprint density at radius 2 is 2.12 bits per heavy atom. The molecular formula is C15H19ClN4O3S. The number of hydrogen-bond acceptors (Lipinski definition) is 5. The number of rotatable bonds is 6. The lowest BCUT2D eigenvalue weighted by molar-refractivity contribution is 0.0978. The van der Waals surface area contributed by atoms with Crippen molar-refractivity contribution in [2.24, 2.45) is 0 Å². The summed E-state index contributed by atoms with van der Waals surface area (Å²) in [5.74, 6) is -0.161. The number of hydrogen-bond donors (Lipinski definition) is 2. The zero-order valence-electron chi connectivity index (χ0n) is 13.6. The van der Waals surface area contributed by atoms with Crippen LogP contribution in [0, 0.1) is 6.92 Å². The number of halogens is 1. The number of anilines is 1. The Morgan fingerprint density at radius 1 is 1.42 bits per heavy atom. The summed E-state index contributed by atoms with van der Waals surface area (Å²) in [6.07, 6.45) is 1.51. The van der Waals surface area contributed by atoms with E-state index in [1.54, 1.807) is 11.5 Å². The molecule has 0 aliphatic heterocycles. The molecule has 0 radical (unpaired) electrons. The molecule has 0 unspecified atom stereocenters. The number of imidazole rings is 1. The molecule has 2 aromatic rings. The second-order valence-corrected chi connectivity index (χ2v) is 6.43. The van der Waals surface area contributed by atoms with E-state index >= 15 is 0 Å². The van der Waals surface area contributed by atoms with E-state index in [0.717, 1.165) is 17.8 Å². The van der Waals surface area contributed by atoms with Crippen molar-refractivity contribution < 1.29 is 13.2 Å². The van der Waals surface area contributed by atoms with Crippen LogP contribution in [0.25, 0.3) is 0 Å². The third-order valence-corrected chi connectivity index (χ3v) is 4.43. The van der Waals surface area contributed by atoms with Crippen LogP contribution in [0.15, 0.2) is 24.4 Å². The van der Waals surface area contributed by atoms with Gasteiger partial charge in [0.1, 0.15) is 11.5 Å². The number of nitrogens with zero attached hydrogens (tertiary/aromatic N) is 3. The predicted molar refractivity (Wildman–Crippen MR) is 94.2 cm³/mol. The van der Waals surface area contributed by atoms with Crippen LogP contribution in [-0.4, -0.2) is 37.5 Å². The van der Waals surface area contributed by atoms with Gasteiger partial charge in [0.05, 0.1) is 6.54 Å². The van der Waals surface area contributed by atoms with Crippen molar-refractivity contribution in [3.05, 3.63) is 46.5 Å². The fourth-order valence-corrected chi connectivity index (χ4v) is 2.70. The quantitative estimate of drug-likeness (QED) is 0.754. The van der Waals surface area contributed by atoms with Crippen molar-refractivity contribution in [3.63, 3.8) is 0 Å². The van der Waals surface area contributed by atoms with Gasteiger partial charge in [-0.15, -0.1) is 0 Å². The van der Waals surface area contributed by atoms with Crippen molar-refractivity contribution in [2.75, 3.05) is 18.5 Å². The molecule has 1 aromatic carbocycles. The highest BCUT2D eigenvalue weighted by Crippen LogP contribution is 2.24. The van der Waals surface area contributed by atoms with E-state index in [-0.39, 0.29) is 5.69 Å². The number of aryl methyl sites for hydroxylation is 1. The maximum absolute atomic E-state index is 11.7. The lowest BCUT2D eigenvalue weighted by atomic mass is 10.2. The topological polar surface area (TPSA) is 84.3 Å². The summed E-state index contributed by atoms with van der Waals surface area (Å²) < 4.78 is 24.7. The molecule has 0 saturated heterocycles. The fourth-order valence-electron chi connectivity index (χ4n) is 2.19. The lowest BCUT2D eigenvalue weighted by Crippen LogP contribution is -2.21. The molecule has 24 heavy (non-hydrogen) atoms. The number of aromatic nitrogens is 2. The molecule has 1 amide bonds. The van der Waals surface area contributed by atoms with Crippen LogP contribution in [0.5, 0.6) is 0 Å². The molecule has 1 heterocycles. The SMILES string of the molecule is CCN(C)c1ccc(Cn2cc(C(=O)N[SH](=O)=O)nc2C)c(Cl)c1. The van der Waals surface area contributed by atoms with Gasteiger partial charge >= 0.3 is 0 Å². The minimum Gasteiger partial charge on any atom is -0.375 e. The summed E-state index contributed by atoms with van der Waals surface area (Å²) in [6, 6.07) is 5.80. The van der Waals surface area contributed by atoms with Gasteiger partial charge < -0.3 is 9.47 Å². The highest BCUT2D eigenvalue weighted by molar-refractivity contribution is 7.71. The summed E-state index contributed by atoms with van der Waals surface area (Å²) in [6.45, 7) is 5.10. The molecule has 0 fully saturated rings. The summed E-state index contributed by atoms with van der Waals surface area (Å²) >= 11 is 6.35. The molecule has 1 aromatic heterocycles. The highest BCUT2D eigenvalue weighted by atomic mass is 35.5. The first-order valence-electron chi connectivity index (χ1n) is 7.30. The summed E-state index contributed by atoms with van der Waals surface area (Å²) in [4.78, 5) is 17.8. The second-order valence-electron chi connectivity index (χ2n) is 5.29. The molecule has 0 atom stereocenters. The fraction of sp³-hybridized carbons (Fsp3) is 0.333. The van der Waals surface area contributed by atoms with E-state index in [9.17, 15) is 13.2 Å². The van der Waals surface area contributed by atoms with Crippen LogP contribution in [0.1, 0.15) is 28.8 Å². The van der Waals surface area contributed by atoms with E-state index in [1.807, 2.05) is 30.0 Å². The zero-order valence-corrected chi connectivity index (χ0v) is 15.3. The van der Waals surface area contributed by atoms with Crippen molar-refractivity contribution in [1.82, 2.24) is 14.3 Å². The number of carbonyl (C=O) groups excluding carboxylic acids is 1. The van der Waals surface area contributed by atoms with Crippen LogP contribution >= 0.6 is 11.6 Å². The first kappa shape index (κ1) is 18.3. The molecule has 130 valence electrons. The first-order valence-corrected chi connectivity index (χ1v) is 8.86. The Bertz CT molecular complexity index is 824. The molecular weight excluding hydrogens is 352 g/mol. The number of carbonyl (C=O) groups is 1. The third-order valence-electron chi connectivity index (χ3n) is 3.69. The molecule has 0 aliphatic rings. The van der Waals surface area contributed by atoms with E-state index in [0.29, 0.717) is 17.4 Å². The summed E-state index contributed by atoms with van der Waals surface area (Å²) in [5.41, 5.74) is 1.95. The van der Waals surface area contributed by atoms with Gasteiger partial charge in [-0.2, -0.15) is 0 Å². The monoisotopic (exact) mass is 370 g/mol. The minimum absolute atomic E-state index is 0.0464. The van der Waals surface area contributed by atoms with Crippen molar-refractivity contribution in [3.8, 4) is 0 Å². The molecule has 2 rings (SSSR count). The number of nitrogens with one attached hydrogen (secondary N) is 1. The molecule has 0 saturated carbocycles. The van der Waals surface area contributed by atoms with Crippen LogP contribution in [0.2, 0.25) is 5.02 Å². The van der Waals surface area contributed by atoms with Gasteiger partial charge in [0.15, 0.2) is 0 Å². The van der Waals surface area contributed by atoms with E-state index in [4.69, 9.17) is 11.6 Å². The molecule has 0 aliphatic carbocycles. The average Bonchev–Trinajstić information content (AvgIpc) is 2.89. The molecule has 9 heteroatoms. The van der Waals surface area contributed by atoms with Crippen LogP contribution in [-0.2, 0) is 17.4 Å². The van der Waals surface area contributed by atoms with Gasteiger partial charge in [-0.05, 0) is 31.5 Å². The Kier molecular flexibility index (Phi) is 5.84. The largest absolute Gasteiger partial charge is 0.375 e. The van der Waals surface area contributed by atoms with Crippen LogP contribution in [0.4, 0.5) is 5.69 Å². The van der Waals surface area contributed by atoms with Gasteiger partial charge in [-0.3, -0.25) is 4.79 Å². The van der Waals surface area contributed by atoms with Crippen molar-refractivity contribution >= 4 is 34.1 Å². The number of thiol groups is 1. The normalized spacial score (nSPS) is 10.9. The lowest BCUT2D eigenvalue weighted by Gasteiger charge is -2.18. The highest BCUT2D eigenvalue weighted by Gasteiger charge is 2.14.